The van der Waals surface area contributed by atoms with Gasteiger partial charge in [-0.15, -0.1) is 5.10 Å². The Morgan fingerprint density at radius 2 is 1.96 bits per heavy atom. The van der Waals surface area contributed by atoms with Gasteiger partial charge in [0, 0.05) is 5.56 Å². The Bertz CT molecular complexity index is 1030. The molecule has 3 aromatic heterocycles. The van der Waals surface area contributed by atoms with Gasteiger partial charge in [0.25, 0.3) is 0 Å². The summed E-state index contributed by atoms with van der Waals surface area (Å²) in [6.07, 6.45) is 1.66. The molecule has 7 heteroatoms. The van der Waals surface area contributed by atoms with Crippen LogP contribution in [0.3, 0.4) is 0 Å². The zero-order valence-electron chi connectivity index (χ0n) is 15.0. The predicted molar refractivity (Wildman–Crippen MR) is 109 cm³/mol. The average molecular weight is 398 g/mol. The third-order valence-corrected chi connectivity index (χ3v) is 5.52. The van der Waals surface area contributed by atoms with Crippen molar-refractivity contribution in [2.45, 2.75) is 19.8 Å². The van der Waals surface area contributed by atoms with Gasteiger partial charge in [0.05, 0.1) is 19.9 Å². The van der Waals surface area contributed by atoms with Crippen molar-refractivity contribution >= 4 is 23.6 Å². The van der Waals surface area contributed by atoms with Gasteiger partial charge in [-0.2, -0.15) is 16.0 Å². The molecule has 4 aromatic rings. The number of quaternary nitrogens is 1. The molecule has 1 aromatic carbocycles. The summed E-state index contributed by atoms with van der Waals surface area (Å²) in [6, 6.07) is 16.2. The first kappa shape index (κ1) is 17.9. The van der Waals surface area contributed by atoms with E-state index < -0.39 is 0 Å². The van der Waals surface area contributed by atoms with Gasteiger partial charge in [0.15, 0.2) is 18.3 Å². The molecule has 0 radical (unpaired) electrons. The molecule has 0 saturated carbocycles. The lowest BCUT2D eigenvalue weighted by Crippen LogP contribution is -3.06. The Labute approximate surface area is 167 Å². The highest BCUT2D eigenvalue weighted by molar-refractivity contribution is 7.71. The molecule has 0 fully saturated rings. The van der Waals surface area contributed by atoms with E-state index in [1.165, 1.54) is 16.0 Å². The lowest BCUT2D eigenvalue weighted by Gasteiger charge is -2.12. The van der Waals surface area contributed by atoms with Crippen molar-refractivity contribution in [3.63, 3.8) is 0 Å². The fourth-order valence-electron chi connectivity index (χ4n) is 3.09. The Morgan fingerprint density at radius 1 is 1.11 bits per heavy atom. The molecule has 0 spiro atoms. The monoisotopic (exact) mass is 397 g/mol. The molecular weight excluding hydrogens is 376 g/mol. The van der Waals surface area contributed by atoms with E-state index in [9.17, 15) is 0 Å². The second-order valence-corrected chi connectivity index (χ2v) is 7.72. The molecule has 3 heterocycles. The SMILES string of the molecule is C[NH+](Cc1ccsc1)Cn1nc(-c2ccco2)n(Cc2ccccc2)c1=S. The van der Waals surface area contributed by atoms with Crippen molar-refractivity contribution < 1.29 is 9.32 Å². The highest BCUT2D eigenvalue weighted by Gasteiger charge is 2.17. The number of thiophene rings is 1. The van der Waals surface area contributed by atoms with Crippen molar-refractivity contribution in [2.75, 3.05) is 7.05 Å². The summed E-state index contributed by atoms with van der Waals surface area (Å²) in [5.41, 5.74) is 2.51. The maximum atomic E-state index is 5.76. The van der Waals surface area contributed by atoms with Crippen LogP contribution in [0.2, 0.25) is 0 Å². The Hall–Kier alpha value is -2.48. The molecule has 0 amide bonds. The maximum Gasteiger partial charge on any atom is 0.203 e. The van der Waals surface area contributed by atoms with Gasteiger partial charge in [0.1, 0.15) is 6.54 Å². The molecule has 0 aliphatic rings. The summed E-state index contributed by atoms with van der Waals surface area (Å²) >= 11 is 7.49. The van der Waals surface area contributed by atoms with Crippen molar-refractivity contribution in [3.05, 3.63) is 81.5 Å². The molecular formula is C20H21N4OS2+. The quantitative estimate of drug-likeness (QED) is 0.486. The van der Waals surface area contributed by atoms with E-state index in [4.69, 9.17) is 21.7 Å². The second kappa shape index (κ2) is 8.04. The lowest BCUT2D eigenvalue weighted by molar-refractivity contribution is -0.917. The van der Waals surface area contributed by atoms with Crippen LogP contribution in [0, 0.1) is 4.77 Å². The van der Waals surface area contributed by atoms with Gasteiger partial charge in [-0.3, -0.25) is 4.57 Å². The maximum absolute atomic E-state index is 5.76. The van der Waals surface area contributed by atoms with Crippen molar-refractivity contribution in [3.8, 4) is 11.6 Å². The van der Waals surface area contributed by atoms with E-state index in [1.54, 1.807) is 17.6 Å². The van der Waals surface area contributed by atoms with E-state index in [-0.39, 0.29) is 0 Å². The zero-order chi connectivity index (χ0) is 18.6. The minimum atomic E-state index is 0.666. The number of hydrogen-bond acceptors (Lipinski definition) is 4. The second-order valence-electron chi connectivity index (χ2n) is 6.58. The molecule has 1 unspecified atom stereocenters. The van der Waals surface area contributed by atoms with Crippen molar-refractivity contribution in [1.82, 2.24) is 14.3 Å². The molecule has 4 rings (SSSR count). The van der Waals surface area contributed by atoms with Crippen LogP contribution >= 0.6 is 23.6 Å². The number of aromatic nitrogens is 3. The van der Waals surface area contributed by atoms with E-state index >= 15 is 0 Å². The van der Waals surface area contributed by atoms with Crippen molar-refractivity contribution in [1.29, 1.82) is 0 Å². The summed E-state index contributed by atoms with van der Waals surface area (Å²) in [7, 11) is 2.15. The number of rotatable bonds is 7. The van der Waals surface area contributed by atoms with Crippen LogP contribution in [-0.4, -0.2) is 21.4 Å². The third-order valence-electron chi connectivity index (χ3n) is 4.35. The van der Waals surface area contributed by atoms with Gasteiger partial charge in [0.2, 0.25) is 4.77 Å². The smallest absolute Gasteiger partial charge is 0.203 e. The van der Waals surface area contributed by atoms with Crippen LogP contribution in [0.1, 0.15) is 11.1 Å². The Morgan fingerprint density at radius 3 is 2.67 bits per heavy atom. The summed E-state index contributed by atoms with van der Waals surface area (Å²) < 4.78 is 10.3. The normalized spacial score (nSPS) is 12.3. The number of furan rings is 1. The molecule has 5 nitrogen and oxygen atoms in total. The van der Waals surface area contributed by atoms with Gasteiger partial charge in [-0.25, -0.2) is 0 Å². The van der Waals surface area contributed by atoms with Crippen molar-refractivity contribution in [2.24, 2.45) is 0 Å². The summed E-state index contributed by atoms with van der Waals surface area (Å²) in [5, 5.41) is 9.08. The van der Waals surface area contributed by atoms with Gasteiger partial charge in [-0.1, -0.05) is 30.3 Å². The first-order valence-electron chi connectivity index (χ1n) is 8.78. The topological polar surface area (TPSA) is 40.3 Å². The molecule has 0 aliphatic carbocycles. The number of nitrogens with one attached hydrogen (secondary N) is 1. The standard InChI is InChI=1S/C20H20N4OS2/c1-22(12-17-9-11-27-14-17)15-24-20(26)23(13-16-6-3-2-4-7-16)19(21-24)18-8-5-10-25-18/h2-11,14H,12-13,15H2,1H3/p+1. The van der Waals surface area contributed by atoms with Crippen LogP contribution in [-0.2, 0) is 19.8 Å². The minimum absolute atomic E-state index is 0.666. The van der Waals surface area contributed by atoms with Gasteiger partial charge >= 0.3 is 0 Å². The molecule has 0 aliphatic heterocycles. The van der Waals surface area contributed by atoms with E-state index in [0.717, 1.165) is 18.1 Å². The van der Waals surface area contributed by atoms with Gasteiger partial charge in [-0.05, 0) is 46.7 Å². The van der Waals surface area contributed by atoms with E-state index in [2.05, 4.69) is 36.0 Å². The number of hydrogen-bond donors (Lipinski definition) is 1. The zero-order valence-corrected chi connectivity index (χ0v) is 16.7. The van der Waals surface area contributed by atoms with Crippen LogP contribution in [0.25, 0.3) is 11.6 Å². The molecule has 1 N–H and O–H groups in total. The average Bonchev–Trinajstić information content (AvgIpc) is 3.41. The molecule has 138 valence electrons. The Balaban J connectivity index is 1.64. The lowest BCUT2D eigenvalue weighted by atomic mass is 10.2. The minimum Gasteiger partial charge on any atom is -0.461 e. The highest BCUT2D eigenvalue weighted by atomic mass is 32.1. The Kier molecular flexibility index (Phi) is 5.33. The van der Waals surface area contributed by atoms with E-state index in [1.807, 2.05) is 39.6 Å². The summed E-state index contributed by atoms with van der Waals surface area (Å²) in [4.78, 5) is 1.32. The van der Waals surface area contributed by atoms with Crippen LogP contribution in [0.4, 0.5) is 0 Å². The first-order chi connectivity index (χ1) is 13.2. The van der Waals surface area contributed by atoms with Gasteiger partial charge < -0.3 is 9.32 Å². The van der Waals surface area contributed by atoms with Crippen LogP contribution in [0.5, 0.6) is 0 Å². The third kappa shape index (κ3) is 4.10. The van der Waals surface area contributed by atoms with Crippen LogP contribution in [0.15, 0.2) is 70.0 Å². The fraction of sp³-hybridized carbons (Fsp3) is 0.200. The predicted octanol–water partition coefficient (Wildman–Crippen LogP) is 3.46. The summed E-state index contributed by atoms with van der Waals surface area (Å²) in [6.45, 7) is 2.30. The molecule has 0 saturated heterocycles. The highest BCUT2D eigenvalue weighted by Crippen LogP contribution is 2.20. The fourth-order valence-corrected chi connectivity index (χ4v) is 4.02. The van der Waals surface area contributed by atoms with Crippen LogP contribution < -0.4 is 4.90 Å². The molecule has 27 heavy (non-hydrogen) atoms. The number of nitrogens with zero attached hydrogens (tertiary/aromatic N) is 3. The summed E-state index contributed by atoms with van der Waals surface area (Å²) in [5.74, 6) is 1.49. The first-order valence-corrected chi connectivity index (χ1v) is 10.1. The molecule has 0 bridgehead atoms. The number of benzene rings is 1. The largest absolute Gasteiger partial charge is 0.461 e. The van der Waals surface area contributed by atoms with E-state index in [0.29, 0.717) is 18.0 Å². The molecule has 1 atom stereocenters.